The van der Waals surface area contributed by atoms with Crippen molar-refractivity contribution in [2.45, 2.75) is 13.3 Å². The number of hydrogen-bond acceptors (Lipinski definition) is 4. The van der Waals surface area contributed by atoms with Crippen LogP contribution in [0.1, 0.15) is 13.3 Å². The number of benzene rings is 1. The molecule has 0 spiro atoms. The summed E-state index contributed by atoms with van der Waals surface area (Å²) in [5, 5.41) is 0.640. The minimum Gasteiger partial charge on any atom is -0.493 e. The second-order valence-corrected chi connectivity index (χ2v) is 5.40. The summed E-state index contributed by atoms with van der Waals surface area (Å²) in [6.07, 6.45) is 0.710. The molecule has 120 valence electrons. The average molecular weight is 326 g/mol. The first-order valence-electron chi connectivity index (χ1n) is 7.18. The van der Waals surface area contributed by atoms with E-state index in [0.29, 0.717) is 49.3 Å². The zero-order chi connectivity index (χ0) is 15.9. The van der Waals surface area contributed by atoms with Crippen molar-refractivity contribution in [3.8, 4) is 5.75 Å². The molecule has 0 fully saturated rings. The maximum Gasteiger partial charge on any atom is 0.292 e. The normalized spacial score (nSPS) is 14.1. The van der Waals surface area contributed by atoms with Crippen LogP contribution < -0.4 is 4.74 Å². The predicted octanol–water partition coefficient (Wildman–Crippen LogP) is 2.85. The lowest BCUT2D eigenvalue weighted by Crippen LogP contribution is -2.33. The van der Waals surface area contributed by atoms with Crippen LogP contribution in [0.3, 0.4) is 0 Å². The Kier molecular flexibility index (Phi) is 5.95. The van der Waals surface area contributed by atoms with E-state index in [2.05, 4.69) is 0 Å². The molecule has 1 aliphatic rings. The molecular weight excluding hydrogens is 306 g/mol. The van der Waals surface area contributed by atoms with Crippen LogP contribution in [0.4, 0.5) is 0 Å². The lowest BCUT2D eigenvalue weighted by atomic mass is 10.3. The van der Waals surface area contributed by atoms with Gasteiger partial charge in [0.15, 0.2) is 0 Å². The topological polar surface area (TPSA) is 48.0 Å². The Bertz CT molecular complexity index is 559. The third-order valence-corrected chi connectivity index (χ3v) is 3.45. The number of ether oxygens (including phenoxy) is 3. The van der Waals surface area contributed by atoms with Gasteiger partial charge in [-0.05, 0) is 31.5 Å². The monoisotopic (exact) mass is 325 g/mol. The number of rotatable bonds is 6. The van der Waals surface area contributed by atoms with Gasteiger partial charge in [0.25, 0.3) is 5.91 Å². The first-order chi connectivity index (χ1) is 10.6. The van der Waals surface area contributed by atoms with Gasteiger partial charge in [0, 0.05) is 18.6 Å². The molecule has 5 nitrogen and oxygen atoms in total. The fraction of sp³-hybridized carbons (Fsp3) is 0.438. The summed E-state index contributed by atoms with van der Waals surface area (Å²) in [7, 11) is 1.74. The fourth-order valence-corrected chi connectivity index (χ4v) is 2.22. The molecule has 0 aromatic heterocycles. The first-order valence-corrected chi connectivity index (χ1v) is 7.56. The summed E-state index contributed by atoms with van der Waals surface area (Å²) >= 11 is 5.89. The number of hydrogen-bond donors (Lipinski definition) is 0. The maximum absolute atomic E-state index is 12.2. The lowest BCUT2D eigenvalue weighted by Gasteiger charge is -2.23. The molecule has 0 bridgehead atoms. The highest BCUT2D eigenvalue weighted by Gasteiger charge is 2.22. The molecule has 0 aliphatic carbocycles. The highest BCUT2D eigenvalue weighted by molar-refractivity contribution is 6.30. The molecule has 1 aliphatic heterocycles. The van der Waals surface area contributed by atoms with E-state index in [1.807, 2.05) is 12.1 Å². The van der Waals surface area contributed by atoms with Gasteiger partial charge in [-0.15, -0.1) is 0 Å². The van der Waals surface area contributed by atoms with E-state index >= 15 is 0 Å². The number of halogens is 1. The zero-order valence-electron chi connectivity index (χ0n) is 12.8. The van der Waals surface area contributed by atoms with Crippen molar-refractivity contribution in [2.75, 3.05) is 33.4 Å². The van der Waals surface area contributed by atoms with Gasteiger partial charge in [-0.3, -0.25) is 4.79 Å². The second kappa shape index (κ2) is 7.94. The van der Waals surface area contributed by atoms with Crippen LogP contribution in [-0.4, -0.2) is 44.2 Å². The van der Waals surface area contributed by atoms with E-state index < -0.39 is 0 Å². The molecule has 6 heteroatoms. The van der Waals surface area contributed by atoms with Gasteiger partial charge < -0.3 is 19.1 Å². The summed E-state index contributed by atoms with van der Waals surface area (Å²) in [5.41, 5.74) is 0. The van der Waals surface area contributed by atoms with Gasteiger partial charge in [-0.1, -0.05) is 17.7 Å². The van der Waals surface area contributed by atoms with Crippen molar-refractivity contribution >= 4 is 17.5 Å². The summed E-state index contributed by atoms with van der Waals surface area (Å²) in [4.78, 5) is 13.8. The smallest absolute Gasteiger partial charge is 0.292 e. The van der Waals surface area contributed by atoms with Crippen molar-refractivity contribution in [1.82, 2.24) is 4.90 Å². The minimum atomic E-state index is -0.167. The van der Waals surface area contributed by atoms with Gasteiger partial charge in [0.1, 0.15) is 24.7 Å². The fourth-order valence-electron chi connectivity index (χ4n) is 2.04. The highest BCUT2D eigenvalue weighted by atomic mass is 35.5. The molecule has 1 aromatic rings. The third-order valence-electron chi connectivity index (χ3n) is 3.21. The van der Waals surface area contributed by atoms with E-state index in [0.717, 1.165) is 5.75 Å². The predicted molar refractivity (Wildman–Crippen MR) is 83.8 cm³/mol. The van der Waals surface area contributed by atoms with Crippen molar-refractivity contribution in [3.63, 3.8) is 0 Å². The van der Waals surface area contributed by atoms with Crippen LogP contribution in [0.5, 0.6) is 5.75 Å². The van der Waals surface area contributed by atoms with Crippen LogP contribution in [-0.2, 0) is 14.3 Å². The van der Waals surface area contributed by atoms with Gasteiger partial charge in [-0.2, -0.15) is 0 Å². The van der Waals surface area contributed by atoms with Gasteiger partial charge >= 0.3 is 0 Å². The van der Waals surface area contributed by atoms with Gasteiger partial charge in [-0.25, -0.2) is 0 Å². The molecule has 0 unspecified atom stereocenters. The van der Waals surface area contributed by atoms with Crippen LogP contribution in [0.2, 0.25) is 5.02 Å². The van der Waals surface area contributed by atoms with Gasteiger partial charge in [0.05, 0.1) is 6.61 Å². The largest absolute Gasteiger partial charge is 0.493 e. The van der Waals surface area contributed by atoms with Crippen LogP contribution >= 0.6 is 11.6 Å². The summed E-state index contributed by atoms with van der Waals surface area (Å²) in [5.74, 6) is 1.40. The Labute approximate surface area is 135 Å². The highest BCUT2D eigenvalue weighted by Crippen LogP contribution is 2.17. The molecular formula is C16H20ClNO4. The van der Waals surface area contributed by atoms with Crippen molar-refractivity contribution < 1.29 is 19.0 Å². The van der Waals surface area contributed by atoms with E-state index in [1.54, 1.807) is 31.0 Å². The number of nitrogens with zero attached hydrogens (tertiary/aromatic N) is 1. The minimum absolute atomic E-state index is 0.167. The molecule has 0 saturated heterocycles. The van der Waals surface area contributed by atoms with E-state index in [4.69, 9.17) is 25.8 Å². The van der Waals surface area contributed by atoms with Crippen LogP contribution in [0.25, 0.3) is 0 Å². The standard InChI is InChI=1S/C16H20ClNO4/c1-12-15(22-10-9-20-12)16(19)18(2)7-4-8-21-14-6-3-5-13(17)11-14/h3,5-6,11H,4,7-10H2,1-2H3. The Hall–Kier alpha value is -1.88. The van der Waals surface area contributed by atoms with E-state index in [-0.39, 0.29) is 5.91 Å². The van der Waals surface area contributed by atoms with Crippen molar-refractivity contribution in [1.29, 1.82) is 0 Å². The SMILES string of the molecule is CC1=C(C(=O)N(C)CCCOc2cccc(Cl)c2)OCCO1. The Morgan fingerprint density at radius 2 is 2.14 bits per heavy atom. The molecule has 22 heavy (non-hydrogen) atoms. The van der Waals surface area contributed by atoms with E-state index in [9.17, 15) is 4.79 Å². The molecule has 2 rings (SSSR count). The van der Waals surface area contributed by atoms with Crippen molar-refractivity contribution in [3.05, 3.63) is 40.8 Å². The number of amides is 1. The number of carbonyl (C=O) groups is 1. The van der Waals surface area contributed by atoms with Gasteiger partial charge in [0.2, 0.25) is 5.76 Å². The number of allylic oxidation sites excluding steroid dienone is 1. The average Bonchev–Trinajstić information content (AvgIpc) is 2.51. The summed E-state index contributed by atoms with van der Waals surface area (Å²) in [6.45, 7) is 3.71. The molecule has 1 heterocycles. The molecule has 1 aromatic carbocycles. The van der Waals surface area contributed by atoms with Crippen LogP contribution in [0.15, 0.2) is 35.8 Å². The Morgan fingerprint density at radius 3 is 2.86 bits per heavy atom. The third kappa shape index (κ3) is 4.56. The Balaban J connectivity index is 1.75. The summed E-state index contributed by atoms with van der Waals surface area (Å²) < 4.78 is 16.3. The zero-order valence-corrected chi connectivity index (χ0v) is 13.6. The molecule has 1 amide bonds. The lowest BCUT2D eigenvalue weighted by molar-refractivity contribution is -0.131. The molecule has 0 radical (unpaired) electrons. The maximum atomic E-state index is 12.2. The van der Waals surface area contributed by atoms with E-state index in [1.165, 1.54) is 0 Å². The first kappa shape index (κ1) is 16.5. The number of likely N-dealkylation sites (N-methyl/N-ethyl adjacent to an activating group) is 1. The summed E-state index contributed by atoms with van der Waals surface area (Å²) in [6, 6.07) is 7.24. The molecule has 0 atom stereocenters. The quantitative estimate of drug-likeness (QED) is 0.755. The number of carbonyl (C=O) groups excluding carboxylic acids is 1. The molecule has 0 saturated carbocycles. The van der Waals surface area contributed by atoms with Crippen LogP contribution in [0, 0.1) is 0 Å². The second-order valence-electron chi connectivity index (χ2n) is 4.97. The Morgan fingerprint density at radius 1 is 1.36 bits per heavy atom. The van der Waals surface area contributed by atoms with Crippen molar-refractivity contribution in [2.24, 2.45) is 0 Å². The molecule has 0 N–H and O–H groups in total.